The second-order valence-electron chi connectivity index (χ2n) is 11.4. The summed E-state index contributed by atoms with van der Waals surface area (Å²) in [6, 6.07) is 9.16. The Balaban J connectivity index is 1.46. The van der Waals surface area contributed by atoms with Crippen molar-refractivity contribution in [3.8, 4) is 5.75 Å². The Morgan fingerprint density at radius 3 is 2.54 bits per heavy atom. The lowest BCUT2D eigenvalue weighted by Crippen LogP contribution is -2.53. The highest BCUT2D eigenvalue weighted by atomic mass is 16.5. The Morgan fingerprint density at radius 1 is 1.14 bits per heavy atom. The molecule has 4 rings (SSSR count). The molecule has 0 aliphatic heterocycles. The van der Waals surface area contributed by atoms with Crippen LogP contribution in [0.3, 0.4) is 0 Å². The molecule has 1 aromatic carbocycles. The Bertz CT molecular complexity index is 1130. The Morgan fingerprint density at radius 2 is 1.86 bits per heavy atom. The lowest BCUT2D eigenvalue weighted by molar-refractivity contribution is -0.168. The fourth-order valence-corrected chi connectivity index (χ4v) is 7.23. The number of carbonyl (C=O) groups excluding carboxylic acids is 2. The van der Waals surface area contributed by atoms with Crippen molar-refractivity contribution in [1.29, 1.82) is 0 Å². The van der Waals surface area contributed by atoms with Crippen molar-refractivity contribution in [2.24, 2.45) is 22.7 Å². The summed E-state index contributed by atoms with van der Waals surface area (Å²) >= 11 is 0. The molecule has 1 heterocycles. The molecule has 1 amide bonds. The molecule has 2 aliphatic rings. The van der Waals surface area contributed by atoms with Gasteiger partial charge >= 0.3 is 5.97 Å². The largest absolute Gasteiger partial charge is 0.497 e. The van der Waals surface area contributed by atoms with Gasteiger partial charge in [-0.1, -0.05) is 25.5 Å². The van der Waals surface area contributed by atoms with Crippen LogP contribution < -0.4 is 4.74 Å². The number of methoxy groups -OCH3 is 2. The normalized spacial score (nSPS) is 27.3. The smallest absolute Gasteiger partial charge is 0.311 e. The molecule has 1 unspecified atom stereocenters. The molecule has 2 aliphatic carbocycles. The van der Waals surface area contributed by atoms with E-state index in [0.29, 0.717) is 18.0 Å². The van der Waals surface area contributed by atoms with Crippen molar-refractivity contribution >= 4 is 11.9 Å². The van der Waals surface area contributed by atoms with Gasteiger partial charge in [0.2, 0.25) is 0 Å². The predicted octanol–water partition coefficient (Wildman–Crippen LogP) is 6.44. The predicted molar refractivity (Wildman–Crippen MR) is 143 cm³/mol. The maximum atomic E-state index is 13.0. The minimum absolute atomic E-state index is 0.0154. The highest BCUT2D eigenvalue weighted by Crippen LogP contribution is 2.62. The molecule has 6 heteroatoms. The zero-order chi connectivity index (χ0) is 26.8. The summed E-state index contributed by atoms with van der Waals surface area (Å²) in [6.07, 6.45) is 8.47. The maximum Gasteiger partial charge on any atom is 0.311 e. The van der Waals surface area contributed by atoms with Gasteiger partial charge in [0.1, 0.15) is 11.5 Å². The number of esters is 1. The summed E-state index contributed by atoms with van der Waals surface area (Å²) in [5.41, 5.74) is 2.61. The zero-order valence-electron chi connectivity index (χ0n) is 23.0. The number of amides is 1. The van der Waals surface area contributed by atoms with Crippen LogP contribution in [0.1, 0.15) is 74.1 Å². The van der Waals surface area contributed by atoms with Gasteiger partial charge in [0, 0.05) is 12.6 Å². The second-order valence-corrected chi connectivity index (χ2v) is 11.4. The standard InChI is InChI=1S/C31H41NO5/c1-21-8-15-27-30(2,17-7-18-31(27,3)29(34)36-6)25(21)14-11-22-16-19-37-26(22)20-32(4)28(33)23-9-12-24(35-5)13-10-23/h9-10,12-13,16,19,25,27H,1,7-8,11,14-15,17-18,20H2,2-6H3/t25-,27?,30+,31-/m0/s1. The molecular weight excluding hydrogens is 466 g/mol. The van der Waals surface area contributed by atoms with Crippen LogP contribution in [0.15, 0.2) is 53.2 Å². The van der Waals surface area contributed by atoms with E-state index in [2.05, 4.69) is 20.4 Å². The van der Waals surface area contributed by atoms with Gasteiger partial charge in [0.15, 0.2) is 0 Å². The van der Waals surface area contributed by atoms with Gasteiger partial charge in [-0.2, -0.15) is 0 Å². The second kappa shape index (κ2) is 10.8. The van der Waals surface area contributed by atoms with E-state index in [0.717, 1.165) is 62.0 Å². The average Bonchev–Trinajstić information content (AvgIpc) is 3.33. The average molecular weight is 508 g/mol. The van der Waals surface area contributed by atoms with Gasteiger partial charge in [-0.3, -0.25) is 9.59 Å². The fourth-order valence-electron chi connectivity index (χ4n) is 7.23. The van der Waals surface area contributed by atoms with Crippen molar-refractivity contribution in [2.45, 2.75) is 65.3 Å². The van der Waals surface area contributed by atoms with Crippen molar-refractivity contribution in [1.82, 2.24) is 4.90 Å². The number of fused-ring (bicyclic) bond motifs is 1. The van der Waals surface area contributed by atoms with E-state index >= 15 is 0 Å². The number of allylic oxidation sites excluding steroid dienone is 1. The molecule has 4 atom stereocenters. The summed E-state index contributed by atoms with van der Waals surface area (Å²) < 4.78 is 16.3. The van der Waals surface area contributed by atoms with E-state index in [9.17, 15) is 9.59 Å². The van der Waals surface area contributed by atoms with Gasteiger partial charge in [-0.15, -0.1) is 0 Å². The van der Waals surface area contributed by atoms with Gasteiger partial charge < -0.3 is 18.8 Å². The highest BCUT2D eigenvalue weighted by molar-refractivity contribution is 5.94. The molecule has 0 saturated heterocycles. The summed E-state index contributed by atoms with van der Waals surface area (Å²) in [6.45, 7) is 9.36. The van der Waals surface area contributed by atoms with E-state index < -0.39 is 5.41 Å². The number of hydrogen-bond acceptors (Lipinski definition) is 5. The number of furan rings is 1. The van der Waals surface area contributed by atoms with Gasteiger partial charge in [0.25, 0.3) is 5.91 Å². The first-order chi connectivity index (χ1) is 17.6. The van der Waals surface area contributed by atoms with Crippen LogP contribution in [-0.4, -0.2) is 38.0 Å². The summed E-state index contributed by atoms with van der Waals surface area (Å²) in [5, 5.41) is 0. The van der Waals surface area contributed by atoms with Crippen LogP contribution in [0.2, 0.25) is 0 Å². The van der Waals surface area contributed by atoms with Crippen LogP contribution in [0.5, 0.6) is 5.75 Å². The molecule has 1 aromatic heterocycles. The van der Waals surface area contributed by atoms with E-state index in [1.165, 1.54) is 12.7 Å². The quantitative estimate of drug-likeness (QED) is 0.304. The SMILES string of the molecule is C=C1CCC2[C@](C)(CCC[C@]2(C)C(=O)OC)[C@H]1CCc1ccoc1CN(C)C(=O)c1ccc(OC)cc1. The molecule has 200 valence electrons. The summed E-state index contributed by atoms with van der Waals surface area (Å²) in [4.78, 5) is 27.5. The third-order valence-electron chi connectivity index (χ3n) is 9.28. The van der Waals surface area contributed by atoms with Crippen LogP contribution in [0, 0.1) is 22.7 Å². The molecule has 2 saturated carbocycles. The lowest BCUT2D eigenvalue weighted by atomic mass is 9.46. The van der Waals surface area contributed by atoms with Gasteiger partial charge in [-0.05, 0) is 98.6 Å². The number of rotatable bonds is 8. The topological polar surface area (TPSA) is 69.0 Å². The molecule has 2 fully saturated rings. The number of aryl methyl sites for hydroxylation is 1. The highest BCUT2D eigenvalue weighted by Gasteiger charge is 2.57. The number of carbonyl (C=O) groups is 2. The van der Waals surface area contributed by atoms with Crippen molar-refractivity contribution < 1.29 is 23.5 Å². The molecule has 0 spiro atoms. The first-order valence-electron chi connectivity index (χ1n) is 13.3. The van der Waals surface area contributed by atoms with E-state index in [4.69, 9.17) is 13.9 Å². The number of nitrogens with zero attached hydrogens (tertiary/aromatic N) is 1. The summed E-state index contributed by atoms with van der Waals surface area (Å²) in [7, 11) is 4.91. The molecule has 0 bridgehead atoms. The Labute approximate surface area is 221 Å². The van der Waals surface area contributed by atoms with Crippen LogP contribution in [0.25, 0.3) is 0 Å². The Kier molecular flexibility index (Phi) is 7.86. The molecule has 0 N–H and O–H groups in total. The molecule has 6 nitrogen and oxygen atoms in total. The molecule has 0 radical (unpaired) electrons. The number of hydrogen-bond donors (Lipinski definition) is 0. The van der Waals surface area contributed by atoms with Crippen LogP contribution in [-0.2, 0) is 22.5 Å². The minimum atomic E-state index is -0.438. The van der Waals surface area contributed by atoms with Crippen LogP contribution >= 0.6 is 0 Å². The number of ether oxygens (including phenoxy) is 2. The monoisotopic (exact) mass is 507 g/mol. The minimum Gasteiger partial charge on any atom is -0.497 e. The number of benzene rings is 1. The van der Waals surface area contributed by atoms with E-state index in [-0.39, 0.29) is 23.2 Å². The third kappa shape index (κ3) is 5.07. The molecule has 2 aromatic rings. The third-order valence-corrected chi connectivity index (χ3v) is 9.28. The van der Waals surface area contributed by atoms with Crippen LogP contribution in [0.4, 0.5) is 0 Å². The maximum absolute atomic E-state index is 13.0. The van der Waals surface area contributed by atoms with Crippen molar-refractivity contribution in [2.75, 3.05) is 21.3 Å². The first kappa shape index (κ1) is 27.0. The van der Waals surface area contributed by atoms with Gasteiger partial charge in [-0.25, -0.2) is 0 Å². The van der Waals surface area contributed by atoms with E-state index in [1.54, 1.807) is 49.6 Å². The van der Waals surface area contributed by atoms with Crippen molar-refractivity contribution in [3.05, 3.63) is 65.6 Å². The summed E-state index contributed by atoms with van der Waals surface area (Å²) in [5.74, 6) is 2.01. The Hall–Kier alpha value is -3.02. The lowest BCUT2D eigenvalue weighted by Gasteiger charge is -2.57. The fraction of sp³-hybridized carbons (Fsp3) is 0.548. The molecular formula is C31H41NO5. The van der Waals surface area contributed by atoms with Gasteiger partial charge in [0.05, 0.1) is 32.4 Å². The zero-order valence-corrected chi connectivity index (χ0v) is 23.0. The molecule has 37 heavy (non-hydrogen) atoms. The van der Waals surface area contributed by atoms with E-state index in [1.807, 2.05) is 6.07 Å². The van der Waals surface area contributed by atoms with Crippen molar-refractivity contribution in [3.63, 3.8) is 0 Å². The first-order valence-corrected chi connectivity index (χ1v) is 13.3.